The van der Waals surface area contributed by atoms with Gasteiger partial charge in [0.1, 0.15) is 0 Å². The molecule has 0 radical (unpaired) electrons. The van der Waals surface area contributed by atoms with Crippen LogP contribution in [0.25, 0.3) is 0 Å². The molecule has 0 rings (SSSR count). The van der Waals surface area contributed by atoms with E-state index in [0.29, 0.717) is 0 Å². The van der Waals surface area contributed by atoms with Gasteiger partial charge >= 0.3 is 45.5 Å². The van der Waals surface area contributed by atoms with E-state index < -0.39 is 7.82 Å². The van der Waals surface area contributed by atoms with Crippen molar-refractivity contribution in [1.82, 2.24) is 0 Å². The molecule has 0 aromatic carbocycles. The second-order valence-corrected chi connectivity index (χ2v) is 2.79. The van der Waals surface area contributed by atoms with Crippen molar-refractivity contribution >= 4 is 25.2 Å². The first-order valence-electron chi connectivity index (χ1n) is 0.932. The minimum atomic E-state index is -4.14. The molecular weight excluding hydrogens is 218 g/mol. The Kier molecular flexibility index (Phi) is 6.76. The fourth-order valence-electron chi connectivity index (χ4n) is 0. The van der Waals surface area contributed by atoms with E-state index in [9.17, 15) is 4.57 Å². The minimum absolute atomic E-state index is 0. The zero-order valence-electron chi connectivity index (χ0n) is 2.57. The Balaban J connectivity index is 0. The molecule has 7 heavy (non-hydrogen) atoms. The Hall–Kier alpha value is 1.33. The van der Waals surface area contributed by atoms with Gasteiger partial charge in [0.25, 0.3) is 0 Å². The predicted octanol–water partition coefficient (Wildman–Crippen LogP) is -1.63. The van der Waals surface area contributed by atoms with Crippen LogP contribution in [0.1, 0.15) is 0 Å². The van der Waals surface area contributed by atoms with Gasteiger partial charge in [0.2, 0.25) is 0 Å². The molecule has 0 aromatic rings. The Labute approximate surface area is 63.0 Å². The Bertz CT molecular complexity index is 75.8. The number of hydrogen-bond acceptors (Lipinski definition) is 2. The quantitative estimate of drug-likeness (QED) is 0.413. The van der Waals surface area contributed by atoms with Crippen LogP contribution in [0.2, 0.25) is 0 Å². The Morgan fingerprint density at radius 3 is 1.71 bits per heavy atom. The van der Waals surface area contributed by atoms with Crippen molar-refractivity contribution in [2.24, 2.45) is 0 Å². The van der Waals surface area contributed by atoms with Crippen LogP contribution in [0, 0.1) is 0 Å². The van der Waals surface area contributed by atoms with Crippen LogP contribution in [0.3, 0.4) is 0 Å². The summed E-state index contributed by atoms with van der Waals surface area (Å²) in [5, 5.41) is 0. The number of rotatable bonds is 1. The largest absolute Gasteiger partial charge is 0.187 e. The van der Waals surface area contributed by atoms with Crippen LogP contribution in [-0.2, 0) is 27.9 Å². The zero-order chi connectivity index (χ0) is 5.21. The van der Waals surface area contributed by atoms with E-state index >= 15 is 0 Å². The van der Waals surface area contributed by atoms with Crippen molar-refractivity contribution in [1.29, 1.82) is 0 Å². The van der Waals surface area contributed by atoms with Crippen LogP contribution >= 0.6 is 7.82 Å². The molecule has 0 fully saturated rings. The first-order chi connectivity index (χ1) is 2.56. The van der Waals surface area contributed by atoms with Gasteiger partial charge in [0.05, 0.1) is 0 Å². The smallest absolute Gasteiger partial charge is 0.187 e. The first-order valence-corrected chi connectivity index (χ1v) is 3.28. The zero-order valence-corrected chi connectivity index (χ0v) is 5.47. The molecule has 0 atom stereocenters. The normalized spacial score (nSPS) is 10.0. The van der Waals surface area contributed by atoms with Crippen molar-refractivity contribution in [2.45, 2.75) is 0 Å². The Morgan fingerprint density at radius 1 is 1.57 bits per heavy atom. The second kappa shape index (κ2) is 4.23. The summed E-state index contributed by atoms with van der Waals surface area (Å²) >= 11 is 0.883. The number of phosphoric acid groups is 1. The summed E-state index contributed by atoms with van der Waals surface area (Å²) in [6.07, 6.45) is 0. The molecule has 0 aliphatic rings. The van der Waals surface area contributed by atoms with Gasteiger partial charge in [0, 0.05) is 0 Å². The molecule has 0 saturated heterocycles. The van der Waals surface area contributed by atoms with Gasteiger partial charge in [-0.25, -0.2) is 0 Å². The van der Waals surface area contributed by atoms with Gasteiger partial charge in [-0.05, 0) is 0 Å². The second-order valence-electron chi connectivity index (χ2n) is 0.565. The molecule has 7 heteroatoms. The molecule has 43 valence electrons. The van der Waals surface area contributed by atoms with Gasteiger partial charge in [-0.2, -0.15) is 0 Å². The fraction of sp³-hybridized carbons (Fsp3) is 0. The van der Waals surface area contributed by atoms with E-state index in [1.54, 1.807) is 0 Å². The molecule has 4 nitrogen and oxygen atoms in total. The Morgan fingerprint density at radius 2 is 1.71 bits per heavy atom. The molecular formula is H5AlMoO4P. The van der Waals surface area contributed by atoms with E-state index in [1.807, 2.05) is 0 Å². The van der Waals surface area contributed by atoms with Gasteiger partial charge < -0.3 is 0 Å². The van der Waals surface area contributed by atoms with Crippen molar-refractivity contribution in [3.63, 3.8) is 0 Å². The van der Waals surface area contributed by atoms with E-state index in [1.165, 1.54) is 0 Å². The SMILES string of the molecule is O=P(O)(O)[O][Mo].[AlH3]. The summed E-state index contributed by atoms with van der Waals surface area (Å²) in [7, 11) is -4.14. The first kappa shape index (κ1) is 11.2. The maximum absolute atomic E-state index is 9.47. The van der Waals surface area contributed by atoms with Crippen molar-refractivity contribution in [3.05, 3.63) is 0 Å². The van der Waals surface area contributed by atoms with E-state index in [0.717, 1.165) is 20.2 Å². The molecule has 0 spiro atoms. The van der Waals surface area contributed by atoms with E-state index in [2.05, 4.69) is 3.18 Å². The third-order valence-electron chi connectivity index (χ3n) is 0.0971. The van der Waals surface area contributed by atoms with Crippen LogP contribution in [0.15, 0.2) is 0 Å². The summed E-state index contributed by atoms with van der Waals surface area (Å²) in [4.78, 5) is 15.4. The summed E-state index contributed by atoms with van der Waals surface area (Å²) in [5.74, 6) is 0. The summed E-state index contributed by atoms with van der Waals surface area (Å²) in [5.41, 5.74) is 0. The van der Waals surface area contributed by atoms with Crippen LogP contribution < -0.4 is 0 Å². The summed E-state index contributed by atoms with van der Waals surface area (Å²) in [6, 6.07) is 0. The van der Waals surface area contributed by atoms with Crippen molar-refractivity contribution in [3.8, 4) is 0 Å². The molecule has 0 aliphatic heterocycles. The maximum atomic E-state index is 9.47. The van der Waals surface area contributed by atoms with E-state index in [-0.39, 0.29) is 17.4 Å². The average molecular weight is 223 g/mol. The predicted molar refractivity (Wildman–Crippen MR) is 23.1 cm³/mol. The fourth-order valence-corrected chi connectivity index (χ4v) is 0. The molecule has 0 amide bonds. The van der Waals surface area contributed by atoms with Gasteiger partial charge in [0.15, 0.2) is 17.4 Å². The topological polar surface area (TPSA) is 66.8 Å². The molecule has 0 bridgehead atoms. The van der Waals surface area contributed by atoms with Crippen LogP contribution in [0.5, 0.6) is 0 Å². The minimum Gasteiger partial charge on any atom is 0.187 e. The van der Waals surface area contributed by atoms with Crippen LogP contribution in [0.4, 0.5) is 0 Å². The molecule has 0 aromatic heterocycles. The molecule has 2 N–H and O–H groups in total. The summed E-state index contributed by atoms with van der Waals surface area (Å²) in [6.45, 7) is 0. The number of hydrogen-bond donors (Lipinski definition) is 2. The molecule has 0 saturated carbocycles. The standard InChI is InChI=1S/Al.Mo.H3O4P.3H/c;;1-5(2,3)4;;;/h;;(H3,1,2,3,4);;;/q;+1;;;;/p-1. The van der Waals surface area contributed by atoms with Gasteiger partial charge in [-0.1, -0.05) is 0 Å². The summed E-state index contributed by atoms with van der Waals surface area (Å²) < 4.78 is 13.1. The average Bonchev–Trinajstić information content (AvgIpc) is 1.35. The van der Waals surface area contributed by atoms with Gasteiger partial charge in [-0.15, -0.1) is 0 Å². The molecule has 0 aliphatic carbocycles. The monoisotopic (exact) mass is 225 g/mol. The maximum Gasteiger partial charge on any atom is 0.187 e. The molecule has 0 heterocycles. The van der Waals surface area contributed by atoms with Crippen LogP contribution in [-0.4, -0.2) is 27.1 Å². The molecule has 0 unspecified atom stereocenters. The third-order valence-corrected chi connectivity index (χ3v) is 1.72. The third kappa shape index (κ3) is 11.1. The van der Waals surface area contributed by atoms with Crippen molar-refractivity contribution in [2.75, 3.05) is 0 Å². The van der Waals surface area contributed by atoms with Gasteiger partial charge in [-0.3, -0.25) is 0 Å². The van der Waals surface area contributed by atoms with E-state index in [4.69, 9.17) is 9.79 Å². The van der Waals surface area contributed by atoms with Crippen molar-refractivity contribution < 1.29 is 37.7 Å².